The Morgan fingerprint density at radius 3 is 2.47 bits per heavy atom. The van der Waals surface area contributed by atoms with Gasteiger partial charge < -0.3 is 10.5 Å². The van der Waals surface area contributed by atoms with Crippen molar-refractivity contribution in [3.05, 3.63) is 33.9 Å². The van der Waals surface area contributed by atoms with Gasteiger partial charge in [0.05, 0.1) is 11.5 Å². The molecular weight excluding hydrogens is 254 g/mol. The Kier molecular flexibility index (Phi) is 3.43. The number of carbonyl (C=O) groups excluding carboxylic acids is 2. The minimum Gasteiger partial charge on any atom is -0.393 e. The number of anilines is 1. The summed E-state index contributed by atoms with van der Waals surface area (Å²) in [4.78, 5) is 34.1. The number of amides is 2. The first kappa shape index (κ1) is 13.0. The van der Waals surface area contributed by atoms with Crippen molar-refractivity contribution in [1.82, 2.24) is 4.90 Å². The van der Waals surface area contributed by atoms with Crippen molar-refractivity contribution < 1.29 is 19.2 Å². The SMILES string of the molecule is Nc1cc(CN2C(=O)COCC2=O)ccc1[N+](=O)[O-]. The molecule has 0 atom stereocenters. The maximum atomic E-state index is 11.5. The van der Waals surface area contributed by atoms with E-state index in [4.69, 9.17) is 10.5 Å². The second-order valence-corrected chi connectivity index (χ2v) is 4.02. The van der Waals surface area contributed by atoms with Crippen LogP contribution in [0.4, 0.5) is 11.4 Å². The molecule has 1 aromatic carbocycles. The number of hydrogen-bond donors (Lipinski definition) is 1. The third-order valence-electron chi connectivity index (χ3n) is 2.68. The predicted molar refractivity (Wildman–Crippen MR) is 63.9 cm³/mol. The fourth-order valence-electron chi connectivity index (χ4n) is 1.75. The fraction of sp³-hybridized carbons (Fsp3) is 0.273. The highest BCUT2D eigenvalue weighted by Crippen LogP contribution is 2.23. The van der Waals surface area contributed by atoms with Gasteiger partial charge in [-0.05, 0) is 11.6 Å². The number of nitrogen functional groups attached to an aromatic ring is 1. The number of rotatable bonds is 3. The van der Waals surface area contributed by atoms with Gasteiger partial charge in [0.25, 0.3) is 17.5 Å². The molecule has 1 aliphatic heterocycles. The van der Waals surface area contributed by atoms with Crippen LogP contribution in [0.15, 0.2) is 18.2 Å². The van der Waals surface area contributed by atoms with Crippen LogP contribution in [0.1, 0.15) is 5.56 Å². The third kappa shape index (κ3) is 2.68. The van der Waals surface area contributed by atoms with Crippen molar-refractivity contribution in [3.63, 3.8) is 0 Å². The van der Waals surface area contributed by atoms with Gasteiger partial charge in [-0.1, -0.05) is 6.07 Å². The van der Waals surface area contributed by atoms with Crippen LogP contribution in [0.2, 0.25) is 0 Å². The molecule has 1 fully saturated rings. The Balaban J connectivity index is 2.19. The molecule has 2 N–H and O–H groups in total. The first-order chi connectivity index (χ1) is 8.99. The van der Waals surface area contributed by atoms with E-state index in [1.165, 1.54) is 18.2 Å². The molecule has 2 amide bonds. The van der Waals surface area contributed by atoms with E-state index in [-0.39, 0.29) is 31.1 Å². The van der Waals surface area contributed by atoms with Crippen molar-refractivity contribution >= 4 is 23.2 Å². The quantitative estimate of drug-likeness (QED) is 0.357. The lowest BCUT2D eigenvalue weighted by atomic mass is 10.1. The van der Waals surface area contributed by atoms with Crippen LogP contribution >= 0.6 is 0 Å². The number of nitrogens with zero attached hydrogens (tertiary/aromatic N) is 2. The van der Waals surface area contributed by atoms with Gasteiger partial charge in [-0.2, -0.15) is 0 Å². The zero-order valence-corrected chi connectivity index (χ0v) is 9.87. The monoisotopic (exact) mass is 265 g/mol. The van der Waals surface area contributed by atoms with E-state index in [1.54, 1.807) is 0 Å². The third-order valence-corrected chi connectivity index (χ3v) is 2.68. The second-order valence-electron chi connectivity index (χ2n) is 4.02. The number of nitro benzene ring substituents is 1. The summed E-state index contributed by atoms with van der Waals surface area (Å²) in [6.07, 6.45) is 0. The van der Waals surface area contributed by atoms with Gasteiger partial charge in [0.15, 0.2) is 0 Å². The lowest BCUT2D eigenvalue weighted by molar-refractivity contribution is -0.383. The molecule has 0 bridgehead atoms. The Hall–Kier alpha value is -2.48. The highest BCUT2D eigenvalue weighted by molar-refractivity contribution is 5.98. The molecule has 0 spiro atoms. The van der Waals surface area contributed by atoms with E-state index in [0.717, 1.165) is 4.90 Å². The minimum atomic E-state index is -0.593. The Bertz CT molecular complexity index is 541. The van der Waals surface area contributed by atoms with Gasteiger partial charge in [-0.25, -0.2) is 0 Å². The van der Waals surface area contributed by atoms with Gasteiger partial charge >= 0.3 is 0 Å². The maximum absolute atomic E-state index is 11.5. The van der Waals surface area contributed by atoms with Crippen LogP contribution in [0.25, 0.3) is 0 Å². The fourth-order valence-corrected chi connectivity index (χ4v) is 1.75. The molecule has 8 heteroatoms. The number of carbonyl (C=O) groups is 2. The summed E-state index contributed by atoms with van der Waals surface area (Å²) in [6, 6.07) is 4.10. The average molecular weight is 265 g/mol. The van der Waals surface area contributed by atoms with Gasteiger partial charge in [0, 0.05) is 6.07 Å². The van der Waals surface area contributed by atoms with Crippen LogP contribution < -0.4 is 5.73 Å². The van der Waals surface area contributed by atoms with Crippen LogP contribution in [0.5, 0.6) is 0 Å². The second kappa shape index (κ2) is 5.02. The minimum absolute atomic E-state index is 0.00402. The van der Waals surface area contributed by atoms with Crippen LogP contribution in [0, 0.1) is 10.1 Å². The lowest BCUT2D eigenvalue weighted by Gasteiger charge is -2.24. The van der Waals surface area contributed by atoms with Crippen LogP contribution in [-0.4, -0.2) is 34.9 Å². The molecule has 0 saturated carbocycles. The Labute approximate surface area is 107 Å². The summed E-state index contributed by atoms with van der Waals surface area (Å²) < 4.78 is 4.78. The smallest absolute Gasteiger partial charge is 0.292 e. The number of morpholine rings is 1. The Morgan fingerprint density at radius 1 is 1.32 bits per heavy atom. The number of ether oxygens (including phenoxy) is 1. The molecule has 100 valence electrons. The molecule has 0 aliphatic carbocycles. The molecule has 1 aliphatic rings. The average Bonchev–Trinajstić information content (AvgIpc) is 2.33. The summed E-state index contributed by atoms with van der Waals surface area (Å²) in [5.74, 6) is -0.874. The molecule has 19 heavy (non-hydrogen) atoms. The number of nitrogens with two attached hydrogens (primary N) is 1. The standard InChI is InChI=1S/C11H11N3O5/c12-8-3-7(1-2-9(8)14(17)18)4-13-10(15)5-19-6-11(13)16/h1-3H,4-6,12H2. The summed E-state index contributed by atoms with van der Waals surface area (Å²) in [5, 5.41) is 10.6. The van der Waals surface area contributed by atoms with Crippen molar-refractivity contribution in [2.24, 2.45) is 0 Å². The summed E-state index contributed by atoms with van der Waals surface area (Å²) in [7, 11) is 0. The number of benzene rings is 1. The van der Waals surface area contributed by atoms with E-state index in [2.05, 4.69) is 0 Å². The highest BCUT2D eigenvalue weighted by atomic mass is 16.6. The molecule has 1 heterocycles. The first-order valence-corrected chi connectivity index (χ1v) is 5.43. The van der Waals surface area contributed by atoms with E-state index >= 15 is 0 Å². The molecular formula is C11H11N3O5. The van der Waals surface area contributed by atoms with Crippen molar-refractivity contribution in [1.29, 1.82) is 0 Å². The molecule has 0 unspecified atom stereocenters. The molecule has 1 aromatic rings. The lowest BCUT2D eigenvalue weighted by Crippen LogP contribution is -2.45. The van der Waals surface area contributed by atoms with E-state index in [9.17, 15) is 19.7 Å². The first-order valence-electron chi connectivity index (χ1n) is 5.43. The molecule has 8 nitrogen and oxygen atoms in total. The van der Waals surface area contributed by atoms with Crippen molar-refractivity contribution in [3.8, 4) is 0 Å². The van der Waals surface area contributed by atoms with E-state index in [0.29, 0.717) is 5.56 Å². The number of nitro groups is 1. The topological polar surface area (TPSA) is 116 Å². The molecule has 0 radical (unpaired) electrons. The zero-order valence-electron chi connectivity index (χ0n) is 9.87. The van der Waals surface area contributed by atoms with Gasteiger partial charge in [0.2, 0.25) is 0 Å². The van der Waals surface area contributed by atoms with Gasteiger partial charge in [0.1, 0.15) is 18.9 Å². The Morgan fingerprint density at radius 2 is 1.95 bits per heavy atom. The van der Waals surface area contributed by atoms with Gasteiger partial charge in [-0.15, -0.1) is 0 Å². The van der Waals surface area contributed by atoms with Crippen LogP contribution in [0.3, 0.4) is 0 Å². The van der Waals surface area contributed by atoms with Gasteiger partial charge in [-0.3, -0.25) is 24.6 Å². The maximum Gasteiger partial charge on any atom is 0.292 e. The predicted octanol–water partition coefficient (Wildman–Crippen LogP) is 0.0624. The van der Waals surface area contributed by atoms with E-state index < -0.39 is 16.7 Å². The molecule has 2 rings (SSSR count). The zero-order chi connectivity index (χ0) is 14.0. The summed E-state index contributed by atoms with van der Waals surface area (Å²) in [6.45, 7) is -0.258. The van der Waals surface area contributed by atoms with Crippen LogP contribution in [-0.2, 0) is 20.9 Å². The number of imide groups is 1. The molecule has 1 saturated heterocycles. The summed E-state index contributed by atoms with van der Waals surface area (Å²) in [5.41, 5.74) is 5.88. The van der Waals surface area contributed by atoms with E-state index in [1.807, 2.05) is 0 Å². The van der Waals surface area contributed by atoms with Crippen molar-refractivity contribution in [2.75, 3.05) is 18.9 Å². The van der Waals surface area contributed by atoms with Crippen molar-refractivity contribution in [2.45, 2.75) is 6.54 Å². The molecule has 0 aromatic heterocycles. The number of hydrogen-bond acceptors (Lipinski definition) is 6. The highest BCUT2D eigenvalue weighted by Gasteiger charge is 2.26. The normalized spacial score (nSPS) is 15.7. The summed E-state index contributed by atoms with van der Waals surface area (Å²) >= 11 is 0. The largest absolute Gasteiger partial charge is 0.393 e.